The number of allylic oxidation sites excluding steroid dienone is 3. The van der Waals surface area contributed by atoms with E-state index in [9.17, 15) is 0 Å². The zero-order chi connectivity index (χ0) is 14.8. The molecule has 3 unspecified atom stereocenters. The van der Waals surface area contributed by atoms with Gasteiger partial charge in [-0.1, -0.05) is 52.8 Å². The predicted molar refractivity (Wildman–Crippen MR) is 87.2 cm³/mol. The molecule has 0 heteroatoms. The number of hydrogen-bond acceptors (Lipinski definition) is 0. The molecule has 0 radical (unpaired) electrons. The molecule has 0 heterocycles. The second-order valence-corrected chi connectivity index (χ2v) is 7.97. The second-order valence-electron chi connectivity index (χ2n) is 7.97. The van der Waals surface area contributed by atoms with Gasteiger partial charge < -0.3 is 0 Å². The Hall–Kier alpha value is -0.520. The van der Waals surface area contributed by atoms with Crippen LogP contribution in [0.4, 0.5) is 0 Å². The zero-order valence-electron chi connectivity index (χ0n) is 14.2. The summed E-state index contributed by atoms with van der Waals surface area (Å²) in [6.45, 7) is 20.5. The monoisotopic (exact) mass is 262 g/mol. The molecule has 1 rings (SSSR count). The van der Waals surface area contributed by atoms with Crippen molar-refractivity contribution >= 4 is 0 Å². The van der Waals surface area contributed by atoms with Crippen LogP contribution in [0.3, 0.4) is 0 Å². The Morgan fingerprint density at radius 1 is 1.21 bits per heavy atom. The van der Waals surface area contributed by atoms with E-state index in [1.165, 1.54) is 30.4 Å². The quantitative estimate of drug-likeness (QED) is 0.528. The van der Waals surface area contributed by atoms with Crippen molar-refractivity contribution in [1.29, 1.82) is 0 Å². The minimum Gasteiger partial charge on any atom is -0.0988 e. The average Bonchev–Trinajstić information content (AvgIpc) is 2.27. The highest BCUT2D eigenvalue weighted by Crippen LogP contribution is 2.46. The van der Waals surface area contributed by atoms with E-state index >= 15 is 0 Å². The lowest BCUT2D eigenvalue weighted by molar-refractivity contribution is 0.0890. The van der Waals surface area contributed by atoms with Crippen molar-refractivity contribution in [3.05, 3.63) is 23.8 Å². The Bertz CT molecular complexity index is 336. The first-order valence-electron chi connectivity index (χ1n) is 7.98. The average molecular weight is 262 g/mol. The highest BCUT2D eigenvalue weighted by Gasteiger charge is 2.36. The molecule has 0 aromatic heterocycles. The second kappa shape index (κ2) is 6.29. The molecule has 0 N–H and O–H groups in total. The van der Waals surface area contributed by atoms with Gasteiger partial charge in [-0.25, -0.2) is 0 Å². The lowest BCUT2D eigenvalue weighted by atomic mass is 9.62. The molecular weight excluding hydrogens is 228 g/mol. The summed E-state index contributed by atoms with van der Waals surface area (Å²) < 4.78 is 0. The first-order valence-corrected chi connectivity index (χ1v) is 7.98. The summed E-state index contributed by atoms with van der Waals surface area (Å²) in [7, 11) is 0. The maximum absolute atomic E-state index is 4.02. The summed E-state index contributed by atoms with van der Waals surface area (Å²) in [4.78, 5) is 0. The van der Waals surface area contributed by atoms with Gasteiger partial charge in [-0.2, -0.15) is 0 Å². The minimum absolute atomic E-state index is 0.472. The molecule has 0 bridgehead atoms. The van der Waals surface area contributed by atoms with Crippen LogP contribution in [0, 0.1) is 29.1 Å². The maximum Gasteiger partial charge on any atom is -0.0160 e. The molecule has 1 fully saturated rings. The van der Waals surface area contributed by atoms with Crippen molar-refractivity contribution in [1.82, 2.24) is 0 Å². The number of rotatable bonds is 3. The van der Waals surface area contributed by atoms with E-state index in [0.717, 1.165) is 17.8 Å². The Labute approximate surface area is 121 Å². The van der Waals surface area contributed by atoms with Crippen molar-refractivity contribution in [2.45, 2.75) is 67.7 Å². The molecule has 110 valence electrons. The fourth-order valence-electron chi connectivity index (χ4n) is 4.02. The standard InChI is InChI=1S/C19H34/c1-9-17(13(2)3)15(5)18-11-10-16(12-14(18)4)19(6,7)8/h9,14-16,18H,1,10-12H2,2-8H3/t14?,15-,16?,18?/m0/s1. The molecular formula is C19H34. The third-order valence-electron chi connectivity index (χ3n) is 5.39. The largest absolute Gasteiger partial charge is 0.0988 e. The van der Waals surface area contributed by atoms with Crippen LogP contribution >= 0.6 is 0 Å². The van der Waals surface area contributed by atoms with E-state index in [-0.39, 0.29) is 0 Å². The molecule has 1 aliphatic carbocycles. The summed E-state index contributed by atoms with van der Waals surface area (Å²) in [5.41, 5.74) is 3.39. The first-order chi connectivity index (χ1) is 8.68. The Morgan fingerprint density at radius 2 is 1.79 bits per heavy atom. The fraction of sp³-hybridized carbons (Fsp3) is 0.789. The summed E-state index contributed by atoms with van der Waals surface area (Å²) in [5, 5.41) is 0. The zero-order valence-corrected chi connectivity index (χ0v) is 14.2. The van der Waals surface area contributed by atoms with Crippen LogP contribution in [0.1, 0.15) is 67.7 Å². The van der Waals surface area contributed by atoms with Gasteiger partial charge in [0, 0.05) is 0 Å². The van der Waals surface area contributed by atoms with Crippen LogP contribution in [0.25, 0.3) is 0 Å². The summed E-state index contributed by atoms with van der Waals surface area (Å²) in [6, 6.07) is 0. The van der Waals surface area contributed by atoms with Gasteiger partial charge in [0.1, 0.15) is 0 Å². The normalized spacial score (nSPS) is 29.7. The molecule has 0 aromatic carbocycles. The van der Waals surface area contributed by atoms with Crippen molar-refractivity contribution < 1.29 is 0 Å². The highest BCUT2D eigenvalue weighted by molar-refractivity contribution is 5.25. The van der Waals surface area contributed by atoms with Crippen molar-refractivity contribution in [3.8, 4) is 0 Å². The van der Waals surface area contributed by atoms with Crippen LogP contribution in [0.5, 0.6) is 0 Å². The Morgan fingerprint density at radius 3 is 2.16 bits per heavy atom. The Kier molecular flexibility index (Phi) is 5.47. The first kappa shape index (κ1) is 16.5. The van der Waals surface area contributed by atoms with E-state index in [4.69, 9.17) is 0 Å². The van der Waals surface area contributed by atoms with Crippen LogP contribution in [0.15, 0.2) is 23.8 Å². The minimum atomic E-state index is 0.472. The fourth-order valence-corrected chi connectivity index (χ4v) is 4.02. The molecule has 0 saturated heterocycles. The highest BCUT2D eigenvalue weighted by atomic mass is 14.4. The maximum atomic E-state index is 4.02. The van der Waals surface area contributed by atoms with Crippen LogP contribution in [-0.4, -0.2) is 0 Å². The molecule has 1 saturated carbocycles. The van der Waals surface area contributed by atoms with Crippen molar-refractivity contribution in [2.24, 2.45) is 29.1 Å². The van der Waals surface area contributed by atoms with E-state index in [0.29, 0.717) is 11.3 Å². The van der Waals surface area contributed by atoms with Crippen molar-refractivity contribution in [3.63, 3.8) is 0 Å². The molecule has 0 spiro atoms. The SMILES string of the molecule is C=CC(=C(C)C)[C@H](C)C1CCC(C(C)(C)C)CC1C. The molecule has 0 amide bonds. The molecule has 1 aliphatic rings. The van der Waals surface area contributed by atoms with Crippen LogP contribution < -0.4 is 0 Å². The van der Waals surface area contributed by atoms with Gasteiger partial charge in [0.2, 0.25) is 0 Å². The lowest BCUT2D eigenvalue weighted by Gasteiger charge is -2.43. The number of hydrogen-bond donors (Lipinski definition) is 0. The van der Waals surface area contributed by atoms with Gasteiger partial charge in [-0.05, 0) is 67.8 Å². The van der Waals surface area contributed by atoms with Gasteiger partial charge in [-0.15, -0.1) is 0 Å². The topological polar surface area (TPSA) is 0 Å². The summed E-state index contributed by atoms with van der Waals surface area (Å²) in [6.07, 6.45) is 6.26. The van der Waals surface area contributed by atoms with E-state index < -0.39 is 0 Å². The molecule has 0 nitrogen and oxygen atoms in total. The van der Waals surface area contributed by atoms with Gasteiger partial charge >= 0.3 is 0 Å². The Balaban J connectivity index is 2.79. The molecule has 0 aliphatic heterocycles. The molecule has 4 atom stereocenters. The van der Waals surface area contributed by atoms with Gasteiger partial charge in [0.05, 0.1) is 0 Å². The van der Waals surface area contributed by atoms with Crippen LogP contribution in [0.2, 0.25) is 0 Å². The van der Waals surface area contributed by atoms with Gasteiger partial charge in [-0.3, -0.25) is 0 Å². The molecule has 19 heavy (non-hydrogen) atoms. The summed E-state index contributed by atoms with van der Waals surface area (Å²) in [5.74, 6) is 3.23. The van der Waals surface area contributed by atoms with E-state index in [1.807, 2.05) is 0 Å². The van der Waals surface area contributed by atoms with Crippen molar-refractivity contribution in [2.75, 3.05) is 0 Å². The third kappa shape index (κ3) is 3.97. The predicted octanol–water partition coefficient (Wildman–Crippen LogP) is 6.24. The smallest absolute Gasteiger partial charge is 0.0160 e. The summed E-state index contributed by atoms with van der Waals surface area (Å²) >= 11 is 0. The molecule has 0 aromatic rings. The van der Waals surface area contributed by atoms with Crippen LogP contribution in [-0.2, 0) is 0 Å². The van der Waals surface area contributed by atoms with E-state index in [2.05, 4.69) is 61.1 Å². The van der Waals surface area contributed by atoms with Gasteiger partial charge in [0.25, 0.3) is 0 Å². The lowest BCUT2D eigenvalue weighted by Crippen LogP contribution is -2.33. The third-order valence-corrected chi connectivity index (χ3v) is 5.39. The van der Waals surface area contributed by atoms with Gasteiger partial charge in [0.15, 0.2) is 0 Å². The van der Waals surface area contributed by atoms with E-state index in [1.54, 1.807) is 0 Å².